The Kier molecular flexibility index (Phi) is 4.16. The van der Waals surface area contributed by atoms with Gasteiger partial charge < -0.3 is 15.3 Å². The lowest BCUT2D eigenvalue weighted by molar-refractivity contribution is 0.148. The molecule has 0 bridgehead atoms. The van der Waals surface area contributed by atoms with Crippen molar-refractivity contribution in [3.05, 3.63) is 35.9 Å². The Bertz CT molecular complexity index is 395. The monoisotopic (exact) mass is 260 g/mol. The summed E-state index contributed by atoms with van der Waals surface area (Å²) in [6.45, 7) is 2.68. The summed E-state index contributed by atoms with van der Waals surface area (Å²) in [6.07, 6.45) is 5.16. The number of nitrogens with one attached hydrogen (secondary N) is 1. The number of rotatable bonds is 4. The van der Waals surface area contributed by atoms with Gasteiger partial charge in [-0.1, -0.05) is 30.3 Å². The zero-order valence-corrected chi connectivity index (χ0v) is 11.5. The Hall–Kier alpha value is -0.900. The van der Waals surface area contributed by atoms with Crippen molar-refractivity contribution in [2.75, 3.05) is 19.7 Å². The first-order valence-electron chi connectivity index (χ1n) is 7.52. The summed E-state index contributed by atoms with van der Waals surface area (Å²) in [5.74, 6) is 0. The third-order valence-corrected chi connectivity index (χ3v) is 4.64. The molecule has 1 aromatic rings. The second kappa shape index (κ2) is 6.04. The van der Waals surface area contributed by atoms with E-state index < -0.39 is 0 Å². The van der Waals surface area contributed by atoms with E-state index in [4.69, 9.17) is 0 Å². The average molecular weight is 260 g/mol. The summed E-state index contributed by atoms with van der Waals surface area (Å²) in [5.41, 5.74) is 1.19. The van der Waals surface area contributed by atoms with Gasteiger partial charge >= 0.3 is 0 Å². The zero-order valence-electron chi connectivity index (χ0n) is 11.5. The maximum atomic E-state index is 9.62. The summed E-state index contributed by atoms with van der Waals surface area (Å²) in [5, 5.41) is 13.3. The van der Waals surface area contributed by atoms with Gasteiger partial charge in [0.05, 0.1) is 12.6 Å². The highest BCUT2D eigenvalue weighted by Crippen LogP contribution is 2.28. The van der Waals surface area contributed by atoms with Crippen LogP contribution in [0.2, 0.25) is 0 Å². The van der Waals surface area contributed by atoms with Crippen LogP contribution in [0.3, 0.4) is 0 Å². The molecule has 0 saturated carbocycles. The molecule has 2 aliphatic heterocycles. The van der Waals surface area contributed by atoms with Gasteiger partial charge in [-0.25, -0.2) is 0 Å². The highest BCUT2D eigenvalue weighted by Gasteiger charge is 2.32. The maximum Gasteiger partial charge on any atom is 0.0626 e. The molecule has 2 heterocycles. The average Bonchev–Trinajstić information content (AvgIpc) is 2.93. The van der Waals surface area contributed by atoms with Crippen molar-refractivity contribution in [2.45, 2.75) is 43.8 Å². The number of hydrogen-bond acceptors (Lipinski definition) is 3. The second-order valence-corrected chi connectivity index (χ2v) is 5.87. The quantitative estimate of drug-likeness (QED) is 0.868. The lowest BCUT2D eigenvalue weighted by Gasteiger charge is -2.37. The van der Waals surface area contributed by atoms with E-state index in [-0.39, 0.29) is 12.6 Å². The van der Waals surface area contributed by atoms with Crippen LogP contribution in [0.5, 0.6) is 0 Å². The molecule has 2 saturated heterocycles. The molecule has 0 spiro atoms. The van der Waals surface area contributed by atoms with Crippen LogP contribution in [0, 0.1) is 0 Å². The van der Waals surface area contributed by atoms with Gasteiger partial charge in [0.2, 0.25) is 0 Å². The Morgan fingerprint density at radius 2 is 2.05 bits per heavy atom. The fourth-order valence-corrected chi connectivity index (χ4v) is 3.60. The molecule has 2 aliphatic rings. The number of fused-ring (bicyclic) bond motifs is 1. The highest BCUT2D eigenvalue weighted by molar-refractivity contribution is 5.19. The van der Waals surface area contributed by atoms with Crippen LogP contribution in [-0.2, 0) is 0 Å². The fourth-order valence-electron chi connectivity index (χ4n) is 3.60. The van der Waals surface area contributed by atoms with Crippen molar-refractivity contribution in [2.24, 2.45) is 0 Å². The molecule has 2 unspecified atom stereocenters. The van der Waals surface area contributed by atoms with Crippen molar-refractivity contribution < 1.29 is 5.11 Å². The first-order chi connectivity index (χ1) is 9.36. The van der Waals surface area contributed by atoms with E-state index in [0.717, 1.165) is 6.04 Å². The molecule has 2 N–H and O–H groups in total. The first kappa shape index (κ1) is 13.1. The summed E-state index contributed by atoms with van der Waals surface area (Å²) in [7, 11) is 0. The number of aliphatic hydroxyl groups is 1. The van der Waals surface area contributed by atoms with Crippen LogP contribution < -0.4 is 5.32 Å². The summed E-state index contributed by atoms with van der Waals surface area (Å²) in [6, 6.07) is 11.7. The van der Waals surface area contributed by atoms with Crippen molar-refractivity contribution in [3.8, 4) is 0 Å². The largest absolute Gasteiger partial charge is 0.394 e. The standard InChI is InChI=1S/C16H24N2O/c19-12-16(13-5-2-1-3-6-13)17-14-8-10-18-9-4-7-15(18)11-14/h1-3,5-6,14-17,19H,4,7-12H2/t14?,15?,16-/m1/s1. The van der Waals surface area contributed by atoms with Gasteiger partial charge in [0.25, 0.3) is 0 Å². The minimum absolute atomic E-state index is 0.0825. The van der Waals surface area contributed by atoms with E-state index in [1.54, 1.807) is 0 Å². The number of piperidine rings is 1. The molecule has 3 nitrogen and oxygen atoms in total. The van der Waals surface area contributed by atoms with Gasteiger partial charge in [-0.05, 0) is 44.3 Å². The van der Waals surface area contributed by atoms with Crippen molar-refractivity contribution >= 4 is 0 Å². The number of hydrogen-bond donors (Lipinski definition) is 2. The molecular formula is C16H24N2O. The van der Waals surface area contributed by atoms with Crippen LogP contribution >= 0.6 is 0 Å². The molecule has 3 heteroatoms. The molecule has 0 radical (unpaired) electrons. The van der Waals surface area contributed by atoms with E-state index in [0.29, 0.717) is 6.04 Å². The molecule has 19 heavy (non-hydrogen) atoms. The molecule has 0 amide bonds. The zero-order chi connectivity index (χ0) is 13.1. The van der Waals surface area contributed by atoms with Gasteiger partial charge in [-0.2, -0.15) is 0 Å². The van der Waals surface area contributed by atoms with E-state index in [1.807, 2.05) is 18.2 Å². The molecule has 1 aromatic carbocycles. The highest BCUT2D eigenvalue weighted by atomic mass is 16.3. The molecule has 3 atom stereocenters. The van der Waals surface area contributed by atoms with Crippen molar-refractivity contribution in [3.63, 3.8) is 0 Å². The maximum absolute atomic E-state index is 9.62. The summed E-state index contributed by atoms with van der Waals surface area (Å²) >= 11 is 0. The third kappa shape index (κ3) is 2.99. The molecule has 3 rings (SSSR count). The molecule has 0 aromatic heterocycles. The van der Waals surface area contributed by atoms with Crippen molar-refractivity contribution in [1.82, 2.24) is 10.2 Å². The Balaban J connectivity index is 1.60. The van der Waals surface area contributed by atoms with Crippen molar-refractivity contribution in [1.29, 1.82) is 0 Å². The fraction of sp³-hybridized carbons (Fsp3) is 0.625. The predicted molar refractivity (Wildman–Crippen MR) is 77.0 cm³/mol. The SMILES string of the molecule is OC[C@@H](NC1CCN2CCCC2C1)c1ccccc1. The first-order valence-corrected chi connectivity index (χ1v) is 7.52. The van der Waals surface area contributed by atoms with E-state index in [2.05, 4.69) is 22.3 Å². The number of benzene rings is 1. The second-order valence-electron chi connectivity index (χ2n) is 5.87. The Labute approximate surface area is 115 Å². The molecule has 2 fully saturated rings. The third-order valence-electron chi connectivity index (χ3n) is 4.64. The van der Waals surface area contributed by atoms with E-state index in [9.17, 15) is 5.11 Å². The van der Waals surface area contributed by atoms with Crippen LogP contribution in [0.15, 0.2) is 30.3 Å². The van der Waals surface area contributed by atoms with E-state index >= 15 is 0 Å². The van der Waals surface area contributed by atoms with E-state index in [1.165, 1.54) is 44.3 Å². The van der Waals surface area contributed by atoms with Crippen LogP contribution in [0.25, 0.3) is 0 Å². The van der Waals surface area contributed by atoms with Gasteiger partial charge in [0, 0.05) is 12.1 Å². The van der Waals surface area contributed by atoms with Gasteiger partial charge in [-0.15, -0.1) is 0 Å². The van der Waals surface area contributed by atoms with Gasteiger partial charge in [0.1, 0.15) is 0 Å². The lowest BCUT2D eigenvalue weighted by atomic mass is 9.96. The molecular weight excluding hydrogens is 236 g/mol. The van der Waals surface area contributed by atoms with Gasteiger partial charge in [-0.3, -0.25) is 0 Å². The number of aliphatic hydroxyl groups excluding tert-OH is 1. The minimum Gasteiger partial charge on any atom is -0.394 e. The normalized spacial score (nSPS) is 29.1. The Morgan fingerprint density at radius 3 is 2.84 bits per heavy atom. The molecule has 104 valence electrons. The summed E-state index contributed by atoms with van der Waals surface area (Å²) < 4.78 is 0. The Morgan fingerprint density at radius 1 is 1.21 bits per heavy atom. The summed E-state index contributed by atoms with van der Waals surface area (Å²) in [4.78, 5) is 2.63. The van der Waals surface area contributed by atoms with Crippen LogP contribution in [0.4, 0.5) is 0 Å². The minimum atomic E-state index is 0.0825. The smallest absolute Gasteiger partial charge is 0.0626 e. The lowest BCUT2D eigenvalue weighted by Crippen LogP contribution is -2.47. The molecule has 0 aliphatic carbocycles. The topological polar surface area (TPSA) is 35.5 Å². The van der Waals surface area contributed by atoms with Crippen LogP contribution in [0.1, 0.15) is 37.3 Å². The number of nitrogens with zero attached hydrogens (tertiary/aromatic N) is 1. The van der Waals surface area contributed by atoms with Gasteiger partial charge in [0.15, 0.2) is 0 Å². The van der Waals surface area contributed by atoms with Crippen LogP contribution in [-0.4, -0.2) is 41.8 Å². The predicted octanol–water partition coefficient (Wildman–Crippen LogP) is 1.94.